The Hall–Kier alpha value is -3.65. The van der Waals surface area contributed by atoms with Crippen molar-refractivity contribution in [3.63, 3.8) is 0 Å². The monoisotopic (exact) mass is 445 g/mol. The topological polar surface area (TPSA) is 32.6 Å². The van der Waals surface area contributed by atoms with E-state index in [0.29, 0.717) is 5.75 Å². The second-order valence-corrected chi connectivity index (χ2v) is 10.2. The van der Waals surface area contributed by atoms with Gasteiger partial charge in [-0.2, -0.15) is 0 Å². The van der Waals surface area contributed by atoms with Gasteiger partial charge < -0.3 is 5.11 Å². The van der Waals surface area contributed by atoms with Crippen LogP contribution in [0.3, 0.4) is 0 Å². The molecule has 0 radical (unpaired) electrons. The molecule has 170 valence electrons. The van der Waals surface area contributed by atoms with E-state index < -0.39 is 0 Å². The summed E-state index contributed by atoms with van der Waals surface area (Å²) in [6, 6.07) is 33.3. The van der Waals surface area contributed by atoms with Gasteiger partial charge in [-0.15, -0.1) is 0 Å². The second kappa shape index (κ2) is 8.29. The van der Waals surface area contributed by atoms with Crippen LogP contribution in [0.5, 0.6) is 5.75 Å². The summed E-state index contributed by atoms with van der Waals surface area (Å²) in [4.78, 5) is 4.96. The van der Waals surface area contributed by atoms with E-state index in [-0.39, 0.29) is 16.9 Å². The smallest absolute Gasteiger partial charge is 0.125 e. The number of hydrogen-bond acceptors (Lipinski definition) is 2. The van der Waals surface area contributed by atoms with Crippen LogP contribution < -0.4 is 10.6 Å². The summed E-state index contributed by atoms with van der Waals surface area (Å²) in [5, 5.41) is 13.8. The van der Waals surface area contributed by atoms with Crippen LogP contribution in [-0.2, 0) is 10.8 Å². The maximum absolute atomic E-state index is 11.7. The minimum atomic E-state index is -0.381. The normalized spacial score (nSPS) is 15.4. The van der Waals surface area contributed by atoms with Crippen molar-refractivity contribution < 1.29 is 5.11 Å². The molecule has 0 saturated carbocycles. The first kappa shape index (κ1) is 22.2. The molecule has 4 aromatic carbocycles. The molecule has 2 nitrogen and oxygen atoms in total. The van der Waals surface area contributed by atoms with Crippen molar-refractivity contribution in [2.45, 2.75) is 44.6 Å². The van der Waals surface area contributed by atoms with E-state index in [1.165, 1.54) is 16.7 Å². The molecular weight excluding hydrogens is 414 g/mol. The Balaban J connectivity index is 1.75. The van der Waals surface area contributed by atoms with Gasteiger partial charge in [-0.3, -0.25) is 4.99 Å². The minimum absolute atomic E-state index is 0.214. The predicted octanol–water partition coefficient (Wildman–Crippen LogP) is 6.20. The highest BCUT2D eigenvalue weighted by molar-refractivity contribution is 5.58. The third-order valence-corrected chi connectivity index (χ3v) is 7.40. The van der Waals surface area contributed by atoms with Gasteiger partial charge in [0.15, 0.2) is 0 Å². The Morgan fingerprint density at radius 2 is 1.21 bits per heavy atom. The van der Waals surface area contributed by atoms with E-state index in [1.54, 1.807) is 0 Å². The maximum atomic E-state index is 11.7. The van der Waals surface area contributed by atoms with E-state index in [1.807, 2.05) is 24.3 Å². The van der Waals surface area contributed by atoms with Crippen LogP contribution in [-0.4, -0.2) is 5.11 Å². The van der Waals surface area contributed by atoms with Crippen molar-refractivity contribution in [3.8, 4) is 5.75 Å². The summed E-state index contributed by atoms with van der Waals surface area (Å²) in [6.45, 7) is 8.87. The Morgan fingerprint density at radius 3 is 1.82 bits per heavy atom. The first-order valence-corrected chi connectivity index (χ1v) is 11.9. The molecule has 34 heavy (non-hydrogen) atoms. The van der Waals surface area contributed by atoms with Gasteiger partial charge >= 0.3 is 0 Å². The average molecular weight is 446 g/mol. The van der Waals surface area contributed by atoms with E-state index >= 15 is 0 Å². The van der Waals surface area contributed by atoms with Crippen LogP contribution in [0.4, 0.5) is 0 Å². The number of phenols is 1. The summed E-state index contributed by atoms with van der Waals surface area (Å²) in [7, 11) is 0. The fourth-order valence-corrected chi connectivity index (χ4v) is 5.01. The van der Waals surface area contributed by atoms with Gasteiger partial charge in [0, 0.05) is 22.0 Å². The summed E-state index contributed by atoms with van der Waals surface area (Å²) < 4.78 is 0. The van der Waals surface area contributed by atoms with Gasteiger partial charge in [0.05, 0.1) is 11.4 Å². The quantitative estimate of drug-likeness (QED) is 0.390. The van der Waals surface area contributed by atoms with Crippen LogP contribution in [0.1, 0.15) is 61.6 Å². The summed E-state index contributed by atoms with van der Waals surface area (Å²) >= 11 is 0. The number of benzene rings is 4. The third-order valence-electron chi connectivity index (χ3n) is 7.40. The summed E-state index contributed by atoms with van der Waals surface area (Å²) in [6.07, 6.45) is 2.16. The molecule has 2 heteroatoms. The van der Waals surface area contributed by atoms with E-state index in [0.717, 1.165) is 21.7 Å². The summed E-state index contributed by atoms with van der Waals surface area (Å²) in [5.74, 6) is 0.333. The molecule has 1 N–H and O–H groups in total. The standard InChI is InChI=1S/C32H31NO/c1-31(2,23-14-7-5-8-15-23)25-20-26(29-19-22-13-11-12-18-28(22)33-29)30(34)27(21-25)32(3,4)24-16-9-6-10-17-24/h5-21,29,34H,1-4H3. The molecule has 1 unspecified atom stereocenters. The molecule has 0 amide bonds. The number of fused-ring (bicyclic) bond motifs is 1. The number of phenolic OH excluding ortho intramolecular Hbond substituents is 1. The first-order valence-electron chi connectivity index (χ1n) is 11.9. The van der Waals surface area contributed by atoms with Crippen LogP contribution in [0, 0.1) is 0 Å². The van der Waals surface area contributed by atoms with Crippen LogP contribution in [0.2, 0.25) is 0 Å². The molecule has 0 fully saturated rings. The van der Waals surface area contributed by atoms with Crippen LogP contribution in [0.15, 0.2) is 102 Å². The van der Waals surface area contributed by atoms with Crippen LogP contribution in [0.25, 0.3) is 6.08 Å². The number of rotatable bonds is 5. The Labute approximate surface area is 202 Å². The fraction of sp³-hybridized carbons (Fsp3) is 0.219. The Morgan fingerprint density at radius 1 is 0.647 bits per heavy atom. The lowest BCUT2D eigenvalue weighted by Crippen LogP contribution is -2.24. The van der Waals surface area contributed by atoms with Gasteiger partial charge in [-0.05, 0) is 40.1 Å². The number of hydrogen-bond donors (Lipinski definition) is 1. The molecule has 1 aliphatic rings. The summed E-state index contributed by atoms with van der Waals surface area (Å²) in [5.41, 5.74) is 4.74. The third kappa shape index (κ3) is 3.74. The molecule has 0 spiro atoms. The average Bonchev–Trinajstić information content (AvgIpc) is 3.29. The van der Waals surface area contributed by atoms with Crippen molar-refractivity contribution in [1.29, 1.82) is 0 Å². The van der Waals surface area contributed by atoms with Gasteiger partial charge in [0.1, 0.15) is 5.75 Å². The van der Waals surface area contributed by atoms with Gasteiger partial charge in [0.2, 0.25) is 0 Å². The van der Waals surface area contributed by atoms with Gasteiger partial charge in [-0.25, -0.2) is 0 Å². The molecular formula is C32H31NO. The first-order chi connectivity index (χ1) is 16.3. The van der Waals surface area contributed by atoms with Gasteiger partial charge in [0.25, 0.3) is 0 Å². The maximum Gasteiger partial charge on any atom is 0.125 e. The zero-order valence-corrected chi connectivity index (χ0v) is 20.3. The van der Waals surface area contributed by atoms with Crippen molar-refractivity contribution in [2.24, 2.45) is 4.99 Å². The molecule has 0 bridgehead atoms. The number of para-hydroxylation sites is 1. The zero-order chi connectivity index (χ0) is 23.9. The molecule has 5 rings (SSSR count). The lowest BCUT2D eigenvalue weighted by molar-refractivity contribution is 0.443. The van der Waals surface area contributed by atoms with E-state index in [2.05, 4.69) is 107 Å². The van der Waals surface area contributed by atoms with E-state index in [9.17, 15) is 5.11 Å². The number of nitrogens with zero attached hydrogens (tertiary/aromatic N) is 1. The highest BCUT2D eigenvalue weighted by Gasteiger charge is 2.33. The van der Waals surface area contributed by atoms with E-state index in [4.69, 9.17) is 4.99 Å². The molecule has 1 aliphatic heterocycles. The Kier molecular flexibility index (Phi) is 5.40. The number of aromatic hydroxyl groups is 1. The fourth-order valence-electron chi connectivity index (χ4n) is 5.01. The molecule has 0 saturated heterocycles. The molecule has 0 aliphatic carbocycles. The minimum Gasteiger partial charge on any atom is -0.507 e. The van der Waals surface area contributed by atoms with Crippen molar-refractivity contribution in [1.82, 2.24) is 0 Å². The largest absolute Gasteiger partial charge is 0.507 e. The molecule has 1 atom stereocenters. The highest BCUT2D eigenvalue weighted by atomic mass is 16.3. The van der Waals surface area contributed by atoms with Crippen LogP contribution >= 0.6 is 0 Å². The van der Waals surface area contributed by atoms with Crippen molar-refractivity contribution in [2.75, 3.05) is 0 Å². The van der Waals surface area contributed by atoms with Crippen molar-refractivity contribution >= 4 is 6.08 Å². The zero-order valence-electron chi connectivity index (χ0n) is 20.3. The Bertz CT molecular complexity index is 1420. The molecule has 0 aromatic heterocycles. The highest BCUT2D eigenvalue weighted by Crippen LogP contribution is 2.45. The lowest BCUT2D eigenvalue weighted by Gasteiger charge is -2.33. The van der Waals surface area contributed by atoms with Crippen molar-refractivity contribution in [3.05, 3.63) is 135 Å². The lowest BCUT2D eigenvalue weighted by atomic mass is 9.71. The van der Waals surface area contributed by atoms with Gasteiger partial charge in [-0.1, -0.05) is 113 Å². The molecule has 1 heterocycles. The molecule has 4 aromatic rings. The SMILES string of the molecule is CC(C)(c1ccccc1)c1cc(C2C=c3ccccc3=N2)c(O)c(C(C)(C)c2ccccc2)c1. The second-order valence-electron chi connectivity index (χ2n) is 10.2. The predicted molar refractivity (Wildman–Crippen MR) is 140 cm³/mol.